The van der Waals surface area contributed by atoms with Gasteiger partial charge in [-0.1, -0.05) is 0 Å². The minimum atomic E-state index is -0.504. The van der Waals surface area contributed by atoms with Gasteiger partial charge in [-0.3, -0.25) is 9.89 Å². The lowest BCUT2D eigenvalue weighted by molar-refractivity contribution is -0.129. The molecule has 0 aromatic carbocycles. The average molecular weight is 256 g/mol. The number of alkyl halides is 1. The van der Waals surface area contributed by atoms with Crippen molar-refractivity contribution >= 4 is 17.5 Å². The van der Waals surface area contributed by atoms with E-state index in [1.165, 1.54) is 5.56 Å². The monoisotopic (exact) mass is 255 g/mol. The van der Waals surface area contributed by atoms with Gasteiger partial charge in [0.1, 0.15) is 0 Å². The van der Waals surface area contributed by atoms with Gasteiger partial charge >= 0.3 is 0 Å². The van der Waals surface area contributed by atoms with Crippen molar-refractivity contribution in [2.75, 3.05) is 5.88 Å². The summed E-state index contributed by atoms with van der Waals surface area (Å²) in [6.45, 7) is 3.72. The van der Waals surface area contributed by atoms with Gasteiger partial charge in [0.15, 0.2) is 0 Å². The number of carbonyl (C=O) groups is 1. The van der Waals surface area contributed by atoms with Crippen LogP contribution >= 0.6 is 11.6 Å². The Morgan fingerprint density at radius 2 is 2.47 bits per heavy atom. The number of amides is 1. The summed E-state index contributed by atoms with van der Waals surface area (Å²) in [5, 5.41) is 10.1. The molecule has 0 saturated heterocycles. The molecule has 17 heavy (non-hydrogen) atoms. The Morgan fingerprint density at radius 1 is 1.71 bits per heavy atom. The fraction of sp³-hybridized carbons (Fsp3) is 0.667. The molecular formula is C12H18ClN3O. The molecule has 0 spiro atoms. The number of rotatable bonds is 3. The smallest absolute Gasteiger partial charge is 0.227 e. The lowest BCUT2D eigenvalue weighted by atomic mass is 9.90. The fourth-order valence-corrected chi connectivity index (χ4v) is 2.09. The predicted octanol–water partition coefficient (Wildman–Crippen LogP) is 1.65. The molecule has 2 N–H and O–H groups in total. The van der Waals surface area contributed by atoms with E-state index in [1.54, 1.807) is 0 Å². The molecule has 5 heteroatoms. The van der Waals surface area contributed by atoms with E-state index in [2.05, 4.69) is 15.5 Å². The standard InChI is InChI=1S/C12H18ClN3O/c1-12(2,7-13)11(17)15-9-4-3-8-6-14-16-10(8)5-9/h6,9H,3-5,7H2,1-2H3,(H,14,16)(H,15,17). The highest BCUT2D eigenvalue weighted by Gasteiger charge is 2.29. The second-order valence-electron chi connectivity index (χ2n) is 5.30. The van der Waals surface area contributed by atoms with Crippen LogP contribution in [0.2, 0.25) is 0 Å². The lowest BCUT2D eigenvalue weighted by Crippen LogP contribution is -2.45. The Kier molecular flexibility index (Phi) is 3.43. The molecule has 1 aromatic rings. The molecular weight excluding hydrogens is 238 g/mol. The zero-order valence-corrected chi connectivity index (χ0v) is 11.0. The first-order valence-electron chi connectivity index (χ1n) is 5.91. The molecule has 0 radical (unpaired) electrons. The van der Waals surface area contributed by atoms with Crippen LogP contribution in [0, 0.1) is 5.41 Å². The van der Waals surface area contributed by atoms with Gasteiger partial charge in [0.25, 0.3) is 0 Å². The molecule has 1 aliphatic carbocycles. The van der Waals surface area contributed by atoms with Gasteiger partial charge in [-0.15, -0.1) is 11.6 Å². The molecule has 2 rings (SSSR count). The highest BCUT2D eigenvalue weighted by Crippen LogP contribution is 2.21. The van der Waals surface area contributed by atoms with E-state index in [1.807, 2.05) is 20.0 Å². The minimum Gasteiger partial charge on any atom is -0.352 e. The predicted molar refractivity (Wildman–Crippen MR) is 67.0 cm³/mol. The minimum absolute atomic E-state index is 0.0282. The molecule has 1 atom stereocenters. The van der Waals surface area contributed by atoms with Gasteiger partial charge in [-0.25, -0.2) is 0 Å². The van der Waals surface area contributed by atoms with E-state index in [0.29, 0.717) is 5.88 Å². The third-order valence-corrected chi connectivity index (χ3v) is 3.97. The number of H-pyrrole nitrogens is 1. The Hall–Kier alpha value is -1.03. The molecule has 1 heterocycles. The van der Waals surface area contributed by atoms with Crippen molar-refractivity contribution < 1.29 is 4.79 Å². The van der Waals surface area contributed by atoms with Crippen molar-refractivity contribution in [3.63, 3.8) is 0 Å². The molecule has 1 unspecified atom stereocenters. The second kappa shape index (κ2) is 4.69. The SMILES string of the molecule is CC(C)(CCl)C(=O)NC1CCc2cn[nH]c2C1. The maximum Gasteiger partial charge on any atom is 0.227 e. The maximum atomic E-state index is 12.0. The number of hydrogen-bond acceptors (Lipinski definition) is 2. The van der Waals surface area contributed by atoms with Crippen LogP contribution in [0.1, 0.15) is 31.5 Å². The molecule has 94 valence electrons. The second-order valence-corrected chi connectivity index (χ2v) is 5.57. The summed E-state index contributed by atoms with van der Waals surface area (Å²) in [7, 11) is 0. The first kappa shape index (κ1) is 12.4. The van der Waals surface area contributed by atoms with E-state index in [9.17, 15) is 4.79 Å². The Balaban J connectivity index is 1.96. The van der Waals surface area contributed by atoms with E-state index < -0.39 is 5.41 Å². The topological polar surface area (TPSA) is 57.8 Å². The van der Waals surface area contributed by atoms with Crippen LogP contribution in [0.15, 0.2) is 6.20 Å². The number of aryl methyl sites for hydroxylation is 1. The van der Waals surface area contributed by atoms with Gasteiger partial charge in [0.05, 0.1) is 11.6 Å². The summed E-state index contributed by atoms with van der Waals surface area (Å²) < 4.78 is 0. The van der Waals surface area contributed by atoms with Crippen LogP contribution in [0.4, 0.5) is 0 Å². The summed E-state index contributed by atoms with van der Waals surface area (Å²) in [6, 6.07) is 0.193. The number of hydrogen-bond donors (Lipinski definition) is 2. The zero-order chi connectivity index (χ0) is 12.5. The Bertz CT molecular complexity index is 414. The van der Waals surface area contributed by atoms with E-state index in [4.69, 9.17) is 11.6 Å². The van der Waals surface area contributed by atoms with Gasteiger partial charge < -0.3 is 5.32 Å². The number of fused-ring (bicyclic) bond motifs is 1. The summed E-state index contributed by atoms with van der Waals surface area (Å²) in [5.74, 6) is 0.362. The first-order chi connectivity index (χ1) is 8.03. The Labute approximate surface area is 106 Å². The molecule has 0 saturated carbocycles. The van der Waals surface area contributed by atoms with Crippen molar-refractivity contribution in [2.24, 2.45) is 5.41 Å². The summed E-state index contributed by atoms with van der Waals surface area (Å²) in [4.78, 5) is 12.0. The summed E-state index contributed by atoms with van der Waals surface area (Å²) in [6.07, 6.45) is 4.64. The van der Waals surface area contributed by atoms with Crippen LogP contribution in [-0.2, 0) is 17.6 Å². The highest BCUT2D eigenvalue weighted by atomic mass is 35.5. The number of aromatic nitrogens is 2. The van der Waals surface area contributed by atoms with E-state index in [-0.39, 0.29) is 11.9 Å². The molecule has 0 aliphatic heterocycles. The maximum absolute atomic E-state index is 12.0. The fourth-order valence-electron chi connectivity index (χ4n) is 1.97. The van der Waals surface area contributed by atoms with E-state index in [0.717, 1.165) is 25.0 Å². The molecule has 1 aromatic heterocycles. The summed E-state index contributed by atoms with van der Waals surface area (Å²) in [5.41, 5.74) is 1.91. The van der Waals surface area contributed by atoms with Crippen molar-refractivity contribution in [1.82, 2.24) is 15.5 Å². The van der Waals surface area contributed by atoms with Crippen LogP contribution in [-0.4, -0.2) is 28.0 Å². The van der Waals surface area contributed by atoms with Crippen LogP contribution in [0.5, 0.6) is 0 Å². The van der Waals surface area contributed by atoms with Crippen molar-refractivity contribution in [3.05, 3.63) is 17.5 Å². The van der Waals surface area contributed by atoms with Gasteiger partial charge in [-0.05, 0) is 32.3 Å². The molecule has 0 bridgehead atoms. The number of nitrogens with zero attached hydrogens (tertiary/aromatic N) is 1. The van der Waals surface area contributed by atoms with Crippen molar-refractivity contribution in [2.45, 2.75) is 39.2 Å². The van der Waals surface area contributed by atoms with Crippen LogP contribution in [0.3, 0.4) is 0 Å². The quantitative estimate of drug-likeness (QED) is 0.807. The third-order valence-electron chi connectivity index (χ3n) is 3.30. The molecule has 4 nitrogen and oxygen atoms in total. The zero-order valence-electron chi connectivity index (χ0n) is 10.2. The van der Waals surface area contributed by atoms with Gasteiger partial charge in [0, 0.05) is 24.0 Å². The number of carbonyl (C=O) groups excluding carboxylic acids is 1. The normalized spacial score (nSPS) is 19.8. The summed E-state index contributed by atoms with van der Waals surface area (Å²) >= 11 is 5.79. The van der Waals surface area contributed by atoms with Gasteiger partial charge in [-0.2, -0.15) is 5.10 Å². The molecule has 0 fully saturated rings. The third kappa shape index (κ3) is 2.63. The Morgan fingerprint density at radius 3 is 3.18 bits per heavy atom. The van der Waals surface area contributed by atoms with Crippen LogP contribution in [0.25, 0.3) is 0 Å². The van der Waals surface area contributed by atoms with Crippen molar-refractivity contribution in [3.8, 4) is 0 Å². The number of halogens is 1. The first-order valence-corrected chi connectivity index (χ1v) is 6.44. The van der Waals surface area contributed by atoms with Crippen LogP contribution < -0.4 is 5.32 Å². The number of aromatic amines is 1. The lowest BCUT2D eigenvalue weighted by Gasteiger charge is -2.27. The van der Waals surface area contributed by atoms with Gasteiger partial charge in [0.2, 0.25) is 5.91 Å². The average Bonchev–Trinajstić information content (AvgIpc) is 2.76. The highest BCUT2D eigenvalue weighted by molar-refractivity contribution is 6.19. The van der Waals surface area contributed by atoms with Crippen molar-refractivity contribution in [1.29, 1.82) is 0 Å². The molecule has 1 aliphatic rings. The molecule has 1 amide bonds. The largest absolute Gasteiger partial charge is 0.352 e. The van der Waals surface area contributed by atoms with E-state index >= 15 is 0 Å². The number of nitrogens with one attached hydrogen (secondary N) is 2.